The fraction of sp³-hybridized carbons (Fsp3) is 0.267. The zero-order chi connectivity index (χ0) is 13.2. The molecule has 1 atom stereocenters. The number of nitrogens with zero attached hydrogens (tertiary/aromatic N) is 1. The molecule has 0 N–H and O–H groups in total. The van der Waals surface area contributed by atoms with Crippen LogP contribution < -0.4 is 0 Å². The van der Waals surface area contributed by atoms with Crippen LogP contribution >= 0.6 is 11.6 Å². The van der Waals surface area contributed by atoms with E-state index in [1.54, 1.807) is 18.4 Å². The Morgan fingerprint density at radius 2 is 2.11 bits per heavy atom. The van der Waals surface area contributed by atoms with Gasteiger partial charge in [-0.15, -0.1) is 0 Å². The average molecular weight is 276 g/mol. The molecule has 4 heteroatoms. The molecule has 98 valence electrons. The van der Waals surface area contributed by atoms with Gasteiger partial charge >= 0.3 is 0 Å². The maximum absolute atomic E-state index is 12.4. The molecule has 3 rings (SSSR count). The molecule has 0 bridgehead atoms. The Balaban J connectivity index is 1.75. The molecule has 1 saturated heterocycles. The highest BCUT2D eigenvalue weighted by Crippen LogP contribution is 2.29. The molecule has 1 aromatic heterocycles. The molecule has 1 aliphatic heterocycles. The maximum Gasteiger partial charge on any atom is 0.255 e. The molecule has 1 unspecified atom stereocenters. The molecule has 1 amide bonds. The lowest BCUT2D eigenvalue weighted by Crippen LogP contribution is -2.28. The summed E-state index contributed by atoms with van der Waals surface area (Å²) in [5.74, 6) is 1.25. The van der Waals surface area contributed by atoms with Crippen LogP contribution in [0.1, 0.15) is 28.5 Å². The zero-order valence-corrected chi connectivity index (χ0v) is 11.1. The monoisotopic (exact) mass is 275 g/mol. The number of furan rings is 1. The van der Waals surface area contributed by atoms with E-state index in [-0.39, 0.29) is 5.91 Å². The van der Waals surface area contributed by atoms with Crippen molar-refractivity contribution in [2.24, 2.45) is 0 Å². The highest BCUT2D eigenvalue weighted by Gasteiger charge is 2.30. The second-order valence-electron chi connectivity index (χ2n) is 4.73. The van der Waals surface area contributed by atoms with Crippen LogP contribution in [0.25, 0.3) is 0 Å². The van der Waals surface area contributed by atoms with Crippen molar-refractivity contribution < 1.29 is 9.21 Å². The van der Waals surface area contributed by atoms with Crippen LogP contribution in [0.3, 0.4) is 0 Å². The minimum absolute atomic E-state index is 0.000318. The van der Waals surface area contributed by atoms with Crippen molar-refractivity contribution in [3.05, 3.63) is 59.0 Å². The van der Waals surface area contributed by atoms with Crippen molar-refractivity contribution in [1.82, 2.24) is 4.90 Å². The van der Waals surface area contributed by atoms with E-state index in [2.05, 4.69) is 0 Å². The van der Waals surface area contributed by atoms with Gasteiger partial charge in [-0.25, -0.2) is 0 Å². The first-order chi connectivity index (χ1) is 9.25. The van der Waals surface area contributed by atoms with E-state index >= 15 is 0 Å². The minimum Gasteiger partial charge on any atom is -0.469 e. The molecule has 0 saturated carbocycles. The number of carbonyl (C=O) groups excluding carboxylic acids is 1. The van der Waals surface area contributed by atoms with Gasteiger partial charge < -0.3 is 9.32 Å². The fourth-order valence-electron chi connectivity index (χ4n) is 2.51. The maximum atomic E-state index is 12.4. The lowest BCUT2D eigenvalue weighted by molar-refractivity contribution is 0.0790. The molecule has 0 aliphatic carbocycles. The van der Waals surface area contributed by atoms with E-state index in [0.29, 0.717) is 23.0 Å². The van der Waals surface area contributed by atoms with Gasteiger partial charge in [0.15, 0.2) is 0 Å². The Bertz CT molecular complexity index is 580. The number of hydrogen-bond acceptors (Lipinski definition) is 2. The Morgan fingerprint density at radius 3 is 2.84 bits per heavy atom. The number of carbonyl (C=O) groups is 1. The summed E-state index contributed by atoms with van der Waals surface area (Å²) in [4.78, 5) is 14.2. The summed E-state index contributed by atoms with van der Waals surface area (Å²) in [6.07, 6.45) is 2.61. The van der Waals surface area contributed by atoms with Crippen molar-refractivity contribution in [2.45, 2.75) is 12.3 Å². The average Bonchev–Trinajstić information content (AvgIpc) is 3.09. The van der Waals surface area contributed by atoms with Gasteiger partial charge in [0.05, 0.1) is 16.8 Å². The Labute approximate surface area is 116 Å². The summed E-state index contributed by atoms with van der Waals surface area (Å²) < 4.78 is 5.41. The molecule has 3 nitrogen and oxygen atoms in total. The van der Waals surface area contributed by atoms with Gasteiger partial charge in [-0.1, -0.05) is 23.7 Å². The predicted molar refractivity (Wildman–Crippen MR) is 73.4 cm³/mol. The van der Waals surface area contributed by atoms with Crippen molar-refractivity contribution in [3.63, 3.8) is 0 Å². The van der Waals surface area contributed by atoms with Crippen molar-refractivity contribution >= 4 is 17.5 Å². The predicted octanol–water partition coefficient (Wildman–Crippen LogP) is 3.56. The van der Waals surface area contributed by atoms with Crippen molar-refractivity contribution in [3.8, 4) is 0 Å². The smallest absolute Gasteiger partial charge is 0.255 e. The molecular weight excluding hydrogens is 262 g/mol. The van der Waals surface area contributed by atoms with Gasteiger partial charge in [0, 0.05) is 19.0 Å². The largest absolute Gasteiger partial charge is 0.469 e. The number of likely N-dealkylation sites (tertiary alicyclic amines) is 1. The van der Waals surface area contributed by atoms with Crippen LogP contribution in [-0.2, 0) is 0 Å². The van der Waals surface area contributed by atoms with Crippen LogP contribution in [0.5, 0.6) is 0 Å². The van der Waals surface area contributed by atoms with Crippen molar-refractivity contribution in [2.75, 3.05) is 13.1 Å². The zero-order valence-electron chi connectivity index (χ0n) is 10.4. The summed E-state index contributed by atoms with van der Waals surface area (Å²) in [6, 6.07) is 11.0. The summed E-state index contributed by atoms with van der Waals surface area (Å²) in [5.41, 5.74) is 0.573. The van der Waals surface area contributed by atoms with Gasteiger partial charge in [-0.2, -0.15) is 0 Å². The third-order valence-corrected chi connectivity index (χ3v) is 3.85. The highest BCUT2D eigenvalue weighted by atomic mass is 35.5. The fourth-order valence-corrected chi connectivity index (χ4v) is 2.72. The number of halogens is 1. The van der Waals surface area contributed by atoms with E-state index in [0.717, 1.165) is 18.7 Å². The third kappa shape index (κ3) is 2.38. The molecular formula is C15H14ClNO2. The molecule has 1 aliphatic rings. The van der Waals surface area contributed by atoms with E-state index < -0.39 is 0 Å². The standard InChI is InChI=1S/C15H14ClNO2/c16-13-5-2-1-4-12(13)15(18)17-8-7-11(10-17)14-6-3-9-19-14/h1-6,9,11H,7-8,10H2. The summed E-state index contributed by atoms with van der Waals surface area (Å²) >= 11 is 6.07. The Morgan fingerprint density at radius 1 is 1.26 bits per heavy atom. The lowest BCUT2D eigenvalue weighted by Gasteiger charge is -2.16. The van der Waals surface area contributed by atoms with Gasteiger partial charge in [0.25, 0.3) is 5.91 Å². The summed E-state index contributed by atoms with van der Waals surface area (Å²) in [5, 5.41) is 0.508. The number of hydrogen-bond donors (Lipinski definition) is 0. The molecule has 2 aromatic rings. The molecule has 1 aromatic carbocycles. The minimum atomic E-state index is -0.000318. The molecule has 2 heterocycles. The van der Waals surface area contributed by atoms with Crippen LogP contribution in [0.4, 0.5) is 0 Å². The normalized spacial score (nSPS) is 18.8. The molecule has 0 spiro atoms. The van der Waals surface area contributed by atoms with Crippen LogP contribution in [0.2, 0.25) is 5.02 Å². The lowest BCUT2D eigenvalue weighted by atomic mass is 10.1. The van der Waals surface area contributed by atoms with Gasteiger partial charge in [-0.05, 0) is 30.7 Å². The van der Waals surface area contributed by atoms with Crippen LogP contribution in [0, 0.1) is 0 Å². The SMILES string of the molecule is O=C(c1ccccc1Cl)N1CCC(c2ccco2)C1. The Kier molecular flexibility index (Phi) is 3.30. The van der Waals surface area contributed by atoms with E-state index in [1.165, 1.54) is 0 Å². The number of rotatable bonds is 2. The first-order valence-corrected chi connectivity index (χ1v) is 6.70. The highest BCUT2D eigenvalue weighted by molar-refractivity contribution is 6.33. The third-order valence-electron chi connectivity index (χ3n) is 3.53. The quantitative estimate of drug-likeness (QED) is 0.840. The topological polar surface area (TPSA) is 33.5 Å². The second kappa shape index (κ2) is 5.10. The Hall–Kier alpha value is -1.74. The van der Waals surface area contributed by atoms with Gasteiger partial charge in [0.2, 0.25) is 0 Å². The summed E-state index contributed by atoms with van der Waals surface area (Å²) in [6.45, 7) is 1.44. The van der Waals surface area contributed by atoms with Crippen molar-refractivity contribution in [1.29, 1.82) is 0 Å². The van der Waals surface area contributed by atoms with Crippen LogP contribution in [0.15, 0.2) is 47.1 Å². The van der Waals surface area contributed by atoms with Gasteiger partial charge in [0.1, 0.15) is 5.76 Å². The molecule has 0 radical (unpaired) electrons. The molecule has 19 heavy (non-hydrogen) atoms. The second-order valence-corrected chi connectivity index (χ2v) is 5.14. The van der Waals surface area contributed by atoms with E-state index in [1.807, 2.05) is 29.2 Å². The van der Waals surface area contributed by atoms with E-state index in [9.17, 15) is 4.79 Å². The van der Waals surface area contributed by atoms with Crippen LogP contribution in [-0.4, -0.2) is 23.9 Å². The van der Waals surface area contributed by atoms with E-state index in [4.69, 9.17) is 16.0 Å². The number of benzene rings is 1. The number of amides is 1. The summed E-state index contributed by atoms with van der Waals surface area (Å²) in [7, 11) is 0. The molecule has 1 fully saturated rings. The first-order valence-electron chi connectivity index (χ1n) is 6.33. The van der Waals surface area contributed by atoms with Gasteiger partial charge in [-0.3, -0.25) is 4.79 Å². The first kappa shape index (κ1) is 12.3.